The summed E-state index contributed by atoms with van der Waals surface area (Å²) in [6.45, 7) is 5.34. The van der Waals surface area contributed by atoms with Gasteiger partial charge in [0, 0.05) is 37.7 Å². The molecule has 1 heterocycles. The number of benzene rings is 2. The molecule has 0 unspecified atom stereocenters. The molecule has 0 amide bonds. The number of carbonyl (C=O) groups excluding carboxylic acids is 1. The minimum Gasteiger partial charge on any atom is -0.465 e. The minimum absolute atomic E-state index is 0.269. The van der Waals surface area contributed by atoms with Crippen molar-refractivity contribution in [3.8, 4) is 0 Å². The van der Waals surface area contributed by atoms with Gasteiger partial charge >= 0.3 is 5.97 Å². The van der Waals surface area contributed by atoms with Crippen LogP contribution in [0.2, 0.25) is 5.02 Å². The summed E-state index contributed by atoms with van der Waals surface area (Å²) in [7, 11) is 0. The molecule has 1 saturated heterocycles. The molecule has 0 bridgehead atoms. The molecular weight excluding hydrogens is 395 g/mol. The van der Waals surface area contributed by atoms with E-state index in [-0.39, 0.29) is 11.8 Å². The highest BCUT2D eigenvalue weighted by Gasteiger charge is 2.32. The molecule has 156 valence electrons. The number of aliphatic hydroxyl groups is 1. The van der Waals surface area contributed by atoms with Crippen molar-refractivity contribution in [2.75, 3.05) is 39.3 Å². The summed E-state index contributed by atoms with van der Waals surface area (Å²) in [5, 5.41) is 11.1. The number of piperazine rings is 1. The molecule has 7 heteroatoms. The third-order valence-electron chi connectivity index (χ3n) is 5.15. The normalized spacial score (nSPS) is 17.7. The maximum atomic E-state index is 13.1. The fourth-order valence-corrected chi connectivity index (χ4v) is 3.73. The number of rotatable bonds is 7. The molecule has 0 spiro atoms. The molecule has 3 rings (SSSR count). The Balaban J connectivity index is 1.62. The Morgan fingerprint density at radius 1 is 1.07 bits per heavy atom. The van der Waals surface area contributed by atoms with E-state index in [1.807, 2.05) is 12.1 Å². The number of esters is 1. The molecule has 1 aliphatic rings. The van der Waals surface area contributed by atoms with Gasteiger partial charge in [-0.2, -0.15) is 0 Å². The van der Waals surface area contributed by atoms with Gasteiger partial charge in [-0.25, -0.2) is 9.18 Å². The zero-order valence-electron chi connectivity index (χ0n) is 16.4. The maximum Gasteiger partial charge on any atom is 0.328 e. The lowest BCUT2D eigenvalue weighted by atomic mass is 10.0. The Bertz CT molecular complexity index is 793. The summed E-state index contributed by atoms with van der Waals surface area (Å²) in [5.74, 6) is -0.587. The van der Waals surface area contributed by atoms with Crippen LogP contribution in [0, 0.1) is 5.82 Å². The van der Waals surface area contributed by atoms with E-state index in [9.17, 15) is 14.3 Å². The Labute approximate surface area is 175 Å². The Hall–Kier alpha value is -1.99. The van der Waals surface area contributed by atoms with Crippen LogP contribution in [-0.4, -0.2) is 60.2 Å². The fourth-order valence-electron chi connectivity index (χ4n) is 3.60. The van der Waals surface area contributed by atoms with E-state index >= 15 is 0 Å². The van der Waals surface area contributed by atoms with Crippen LogP contribution in [0.1, 0.15) is 30.2 Å². The first kappa shape index (κ1) is 21.7. The van der Waals surface area contributed by atoms with Crippen LogP contribution in [0.25, 0.3) is 0 Å². The van der Waals surface area contributed by atoms with Crippen molar-refractivity contribution in [1.82, 2.24) is 9.80 Å². The van der Waals surface area contributed by atoms with Gasteiger partial charge in [0.05, 0.1) is 12.7 Å². The minimum atomic E-state index is -0.681. The Morgan fingerprint density at radius 3 is 2.24 bits per heavy atom. The maximum absolute atomic E-state index is 13.1. The molecule has 0 aliphatic carbocycles. The zero-order valence-corrected chi connectivity index (χ0v) is 17.2. The van der Waals surface area contributed by atoms with E-state index in [1.54, 1.807) is 31.2 Å². The number of hydrogen-bond acceptors (Lipinski definition) is 5. The number of halogens is 2. The summed E-state index contributed by atoms with van der Waals surface area (Å²) in [5.41, 5.74) is 1.55. The van der Waals surface area contributed by atoms with Crippen molar-refractivity contribution in [3.63, 3.8) is 0 Å². The number of carbonyl (C=O) groups is 1. The number of aliphatic hydroxyl groups excluding tert-OH is 1. The average molecular weight is 421 g/mol. The van der Waals surface area contributed by atoms with E-state index in [2.05, 4.69) is 9.80 Å². The van der Waals surface area contributed by atoms with Crippen molar-refractivity contribution in [3.05, 3.63) is 70.5 Å². The highest BCUT2D eigenvalue weighted by atomic mass is 35.5. The lowest BCUT2D eigenvalue weighted by Gasteiger charge is -2.39. The molecular formula is C22H26ClFN2O3. The number of hydrogen-bond donors (Lipinski definition) is 1. The predicted octanol–water partition coefficient (Wildman–Crippen LogP) is 3.43. The number of β-amino-alcohol motifs (C(OH)–C–C–N with tert-alkyl or cyclic N) is 1. The van der Waals surface area contributed by atoms with Crippen molar-refractivity contribution in [1.29, 1.82) is 0 Å². The highest BCUT2D eigenvalue weighted by Crippen LogP contribution is 2.26. The van der Waals surface area contributed by atoms with Gasteiger partial charge in [0.1, 0.15) is 11.9 Å². The van der Waals surface area contributed by atoms with Crippen LogP contribution < -0.4 is 0 Å². The smallest absolute Gasteiger partial charge is 0.328 e. The summed E-state index contributed by atoms with van der Waals surface area (Å²) >= 11 is 5.99. The van der Waals surface area contributed by atoms with Crippen LogP contribution in [0.5, 0.6) is 0 Å². The monoisotopic (exact) mass is 420 g/mol. The number of nitrogens with zero attached hydrogens (tertiary/aromatic N) is 2. The average Bonchev–Trinajstić information content (AvgIpc) is 2.71. The second kappa shape index (κ2) is 10.2. The summed E-state index contributed by atoms with van der Waals surface area (Å²) < 4.78 is 18.4. The van der Waals surface area contributed by atoms with Crippen molar-refractivity contribution in [2.45, 2.75) is 19.1 Å². The van der Waals surface area contributed by atoms with Gasteiger partial charge in [0.2, 0.25) is 0 Å². The van der Waals surface area contributed by atoms with E-state index in [1.165, 1.54) is 12.1 Å². The summed E-state index contributed by atoms with van der Waals surface area (Å²) in [6, 6.07) is 12.7. The van der Waals surface area contributed by atoms with Crippen molar-refractivity contribution >= 4 is 17.6 Å². The number of ether oxygens (including phenoxy) is 1. The van der Waals surface area contributed by atoms with Gasteiger partial charge in [0.15, 0.2) is 0 Å². The molecule has 1 aliphatic heterocycles. The topological polar surface area (TPSA) is 53.0 Å². The third-order valence-corrected chi connectivity index (χ3v) is 5.41. The zero-order chi connectivity index (χ0) is 20.8. The molecule has 2 atom stereocenters. The van der Waals surface area contributed by atoms with Crippen LogP contribution in [0.15, 0.2) is 48.5 Å². The summed E-state index contributed by atoms with van der Waals surface area (Å²) in [4.78, 5) is 16.9. The molecule has 1 N–H and O–H groups in total. The first-order valence-corrected chi connectivity index (χ1v) is 10.2. The Kier molecular flexibility index (Phi) is 7.61. The van der Waals surface area contributed by atoms with Gasteiger partial charge < -0.3 is 9.84 Å². The van der Waals surface area contributed by atoms with E-state index < -0.39 is 12.1 Å². The SMILES string of the molecule is CCOC(=O)[C@@H](c1ccc(Cl)cc1)N1CCN(C[C@H](O)c2ccc(F)cc2)CC1. The standard InChI is InChI=1S/C22H26ClFN2O3/c1-2-29-22(28)21(17-3-7-18(23)8-4-17)26-13-11-25(12-14-26)15-20(27)16-5-9-19(24)10-6-16/h3-10,20-21,27H,2,11-15H2,1H3/t20-,21+/m0/s1. The third kappa shape index (κ3) is 5.76. The first-order valence-electron chi connectivity index (χ1n) is 9.80. The van der Waals surface area contributed by atoms with Crippen molar-refractivity contribution in [2.24, 2.45) is 0 Å². The van der Waals surface area contributed by atoms with E-state index in [4.69, 9.17) is 16.3 Å². The van der Waals surface area contributed by atoms with Crippen molar-refractivity contribution < 1.29 is 19.0 Å². The van der Waals surface area contributed by atoms with Gasteiger partial charge in [-0.05, 0) is 42.3 Å². The second-order valence-electron chi connectivity index (χ2n) is 7.11. The molecule has 0 radical (unpaired) electrons. The van der Waals surface area contributed by atoms with Crippen LogP contribution in [-0.2, 0) is 9.53 Å². The second-order valence-corrected chi connectivity index (χ2v) is 7.55. The first-order chi connectivity index (χ1) is 14.0. The van der Waals surface area contributed by atoms with Gasteiger partial charge in [-0.3, -0.25) is 9.80 Å². The largest absolute Gasteiger partial charge is 0.465 e. The predicted molar refractivity (Wildman–Crippen MR) is 110 cm³/mol. The lowest BCUT2D eigenvalue weighted by molar-refractivity contribution is -0.150. The van der Waals surface area contributed by atoms with Crippen LogP contribution >= 0.6 is 11.6 Å². The Morgan fingerprint density at radius 2 is 1.66 bits per heavy atom. The van der Waals surface area contributed by atoms with Gasteiger partial charge in [0.25, 0.3) is 0 Å². The molecule has 0 aromatic heterocycles. The molecule has 2 aromatic rings. The van der Waals surface area contributed by atoms with E-state index in [0.717, 1.165) is 5.56 Å². The van der Waals surface area contributed by atoms with Gasteiger partial charge in [-0.15, -0.1) is 0 Å². The molecule has 29 heavy (non-hydrogen) atoms. The van der Waals surface area contributed by atoms with E-state index in [0.29, 0.717) is 49.9 Å². The van der Waals surface area contributed by atoms with Gasteiger partial charge in [-0.1, -0.05) is 35.9 Å². The quantitative estimate of drug-likeness (QED) is 0.695. The summed E-state index contributed by atoms with van der Waals surface area (Å²) in [6.07, 6.45) is -0.681. The van der Waals surface area contributed by atoms with Crippen LogP contribution in [0.4, 0.5) is 4.39 Å². The molecule has 1 fully saturated rings. The van der Waals surface area contributed by atoms with Crippen LogP contribution in [0.3, 0.4) is 0 Å². The molecule has 0 saturated carbocycles. The fraction of sp³-hybridized carbons (Fsp3) is 0.409. The lowest BCUT2D eigenvalue weighted by Crippen LogP contribution is -2.50. The molecule has 5 nitrogen and oxygen atoms in total. The molecule has 2 aromatic carbocycles. The highest BCUT2D eigenvalue weighted by molar-refractivity contribution is 6.30.